The molecule has 4 nitrogen and oxygen atoms in total. The number of nitrogens with zero attached hydrogens (tertiary/aromatic N) is 1. The second kappa shape index (κ2) is 4.59. The molecule has 0 atom stereocenters. The molecular formula is C14H11BrN2O2. The molecule has 1 heterocycles. The molecule has 0 saturated heterocycles. The maximum absolute atomic E-state index is 5.87. The molecule has 3 rings (SSSR count). The lowest BCUT2D eigenvalue weighted by Gasteiger charge is -1.99. The summed E-state index contributed by atoms with van der Waals surface area (Å²) in [6.45, 7) is 0. The first kappa shape index (κ1) is 12.0. The fourth-order valence-corrected chi connectivity index (χ4v) is 2.13. The number of fused-ring (bicyclic) bond motifs is 1. The molecule has 0 bridgehead atoms. The summed E-state index contributed by atoms with van der Waals surface area (Å²) in [6.07, 6.45) is 0. The van der Waals surface area contributed by atoms with Gasteiger partial charge in [-0.25, -0.2) is 4.98 Å². The molecule has 2 N–H and O–H groups in total. The third kappa shape index (κ3) is 2.06. The molecule has 0 aliphatic heterocycles. The Morgan fingerprint density at radius 2 is 2.11 bits per heavy atom. The SMILES string of the molecule is COc1cccc2oc(-c3ccc(Br)c(N)c3)nc12. The topological polar surface area (TPSA) is 61.3 Å². The second-order valence-electron chi connectivity index (χ2n) is 4.06. The first-order valence-corrected chi connectivity index (χ1v) is 6.47. The van der Waals surface area contributed by atoms with Crippen LogP contribution in [0.2, 0.25) is 0 Å². The maximum Gasteiger partial charge on any atom is 0.227 e. The molecule has 0 saturated carbocycles. The van der Waals surface area contributed by atoms with Crippen LogP contribution in [0, 0.1) is 0 Å². The first-order valence-electron chi connectivity index (χ1n) is 5.68. The van der Waals surface area contributed by atoms with Gasteiger partial charge >= 0.3 is 0 Å². The average molecular weight is 319 g/mol. The highest BCUT2D eigenvalue weighted by molar-refractivity contribution is 9.10. The second-order valence-corrected chi connectivity index (χ2v) is 4.92. The number of hydrogen-bond acceptors (Lipinski definition) is 4. The Labute approximate surface area is 118 Å². The summed E-state index contributed by atoms with van der Waals surface area (Å²) in [5.41, 5.74) is 8.75. The third-order valence-electron chi connectivity index (χ3n) is 2.84. The van der Waals surface area contributed by atoms with Crippen molar-refractivity contribution in [1.82, 2.24) is 4.98 Å². The van der Waals surface area contributed by atoms with E-state index in [0.29, 0.717) is 28.4 Å². The quantitative estimate of drug-likeness (QED) is 0.729. The van der Waals surface area contributed by atoms with Gasteiger partial charge in [-0.3, -0.25) is 0 Å². The minimum absolute atomic E-state index is 0.527. The number of hydrogen-bond donors (Lipinski definition) is 1. The van der Waals surface area contributed by atoms with Crippen LogP contribution in [0.4, 0.5) is 5.69 Å². The number of oxazole rings is 1. The number of halogens is 1. The number of rotatable bonds is 2. The number of aromatic nitrogens is 1. The fourth-order valence-electron chi connectivity index (χ4n) is 1.89. The molecule has 0 unspecified atom stereocenters. The number of para-hydroxylation sites is 1. The summed E-state index contributed by atoms with van der Waals surface area (Å²) in [5.74, 6) is 1.22. The molecule has 0 fully saturated rings. The molecule has 1 aromatic heterocycles. The molecular weight excluding hydrogens is 308 g/mol. The fraction of sp³-hybridized carbons (Fsp3) is 0.0714. The Hall–Kier alpha value is -2.01. The molecule has 5 heteroatoms. The van der Waals surface area contributed by atoms with Gasteiger partial charge in [0.2, 0.25) is 5.89 Å². The molecule has 0 radical (unpaired) electrons. The highest BCUT2D eigenvalue weighted by atomic mass is 79.9. The van der Waals surface area contributed by atoms with E-state index < -0.39 is 0 Å². The van der Waals surface area contributed by atoms with Gasteiger partial charge in [0, 0.05) is 15.7 Å². The van der Waals surface area contributed by atoms with Gasteiger partial charge in [0.15, 0.2) is 11.1 Å². The molecule has 0 amide bonds. The number of methoxy groups -OCH3 is 1. The Morgan fingerprint density at radius 1 is 1.26 bits per heavy atom. The number of benzene rings is 2. The molecule has 3 aromatic rings. The highest BCUT2D eigenvalue weighted by Crippen LogP contribution is 2.32. The summed E-state index contributed by atoms with van der Waals surface area (Å²) >= 11 is 3.36. The van der Waals surface area contributed by atoms with Crippen molar-refractivity contribution in [2.24, 2.45) is 0 Å². The van der Waals surface area contributed by atoms with E-state index in [0.717, 1.165) is 10.0 Å². The normalized spacial score (nSPS) is 10.8. The van der Waals surface area contributed by atoms with Crippen LogP contribution in [0.15, 0.2) is 45.3 Å². The lowest BCUT2D eigenvalue weighted by Crippen LogP contribution is -1.87. The van der Waals surface area contributed by atoms with E-state index in [-0.39, 0.29) is 0 Å². The van der Waals surface area contributed by atoms with Gasteiger partial charge in [-0.2, -0.15) is 0 Å². The zero-order chi connectivity index (χ0) is 13.4. The molecule has 2 aromatic carbocycles. The standard InChI is InChI=1S/C14H11BrN2O2/c1-18-11-3-2-4-12-13(11)17-14(19-12)8-5-6-9(15)10(16)7-8/h2-7H,16H2,1H3. The lowest BCUT2D eigenvalue weighted by molar-refractivity contribution is 0.419. The van der Waals surface area contributed by atoms with E-state index in [1.165, 1.54) is 0 Å². The van der Waals surface area contributed by atoms with E-state index >= 15 is 0 Å². The van der Waals surface area contributed by atoms with Crippen LogP contribution in [0.25, 0.3) is 22.6 Å². The van der Waals surface area contributed by atoms with Crippen LogP contribution >= 0.6 is 15.9 Å². The van der Waals surface area contributed by atoms with E-state index in [1.54, 1.807) is 7.11 Å². The van der Waals surface area contributed by atoms with Gasteiger partial charge < -0.3 is 14.9 Å². The summed E-state index contributed by atoms with van der Waals surface area (Å²) < 4.78 is 11.8. The van der Waals surface area contributed by atoms with Crippen molar-refractivity contribution in [2.45, 2.75) is 0 Å². The molecule has 19 heavy (non-hydrogen) atoms. The van der Waals surface area contributed by atoms with Gasteiger partial charge in [-0.1, -0.05) is 6.07 Å². The summed E-state index contributed by atoms with van der Waals surface area (Å²) in [4.78, 5) is 4.46. The summed E-state index contributed by atoms with van der Waals surface area (Å²) in [5, 5.41) is 0. The Bertz CT molecular complexity index is 752. The minimum atomic E-state index is 0.527. The van der Waals surface area contributed by atoms with Crippen molar-refractivity contribution in [3.05, 3.63) is 40.9 Å². The van der Waals surface area contributed by atoms with Crippen molar-refractivity contribution in [3.8, 4) is 17.2 Å². The lowest BCUT2D eigenvalue weighted by atomic mass is 10.2. The Balaban J connectivity index is 2.17. The summed E-state index contributed by atoms with van der Waals surface area (Å²) in [6, 6.07) is 11.2. The zero-order valence-electron chi connectivity index (χ0n) is 10.2. The van der Waals surface area contributed by atoms with Gasteiger partial charge in [-0.15, -0.1) is 0 Å². The van der Waals surface area contributed by atoms with Crippen molar-refractivity contribution < 1.29 is 9.15 Å². The van der Waals surface area contributed by atoms with Gasteiger partial charge in [-0.05, 0) is 46.3 Å². The largest absolute Gasteiger partial charge is 0.494 e. The number of nitrogen functional groups attached to an aromatic ring is 1. The van der Waals surface area contributed by atoms with E-state index in [9.17, 15) is 0 Å². The minimum Gasteiger partial charge on any atom is -0.494 e. The average Bonchev–Trinajstić information content (AvgIpc) is 2.85. The van der Waals surface area contributed by atoms with Crippen molar-refractivity contribution >= 4 is 32.7 Å². The van der Waals surface area contributed by atoms with Crippen LogP contribution < -0.4 is 10.5 Å². The monoisotopic (exact) mass is 318 g/mol. The van der Waals surface area contributed by atoms with Crippen LogP contribution in [-0.4, -0.2) is 12.1 Å². The van der Waals surface area contributed by atoms with Crippen molar-refractivity contribution in [2.75, 3.05) is 12.8 Å². The predicted octanol–water partition coefficient (Wildman–Crippen LogP) is 3.85. The van der Waals surface area contributed by atoms with Gasteiger partial charge in [0.1, 0.15) is 5.75 Å². The molecule has 0 spiro atoms. The first-order chi connectivity index (χ1) is 9.19. The van der Waals surface area contributed by atoms with E-state index in [4.69, 9.17) is 14.9 Å². The van der Waals surface area contributed by atoms with Gasteiger partial charge in [0.05, 0.1) is 7.11 Å². The van der Waals surface area contributed by atoms with Crippen LogP contribution in [0.5, 0.6) is 5.75 Å². The van der Waals surface area contributed by atoms with Crippen molar-refractivity contribution in [1.29, 1.82) is 0 Å². The van der Waals surface area contributed by atoms with E-state index in [2.05, 4.69) is 20.9 Å². The van der Waals surface area contributed by atoms with E-state index in [1.807, 2.05) is 36.4 Å². The smallest absolute Gasteiger partial charge is 0.227 e. The zero-order valence-corrected chi connectivity index (χ0v) is 11.8. The summed E-state index contributed by atoms with van der Waals surface area (Å²) in [7, 11) is 1.61. The predicted molar refractivity (Wildman–Crippen MR) is 78.1 cm³/mol. The van der Waals surface area contributed by atoms with Crippen LogP contribution in [-0.2, 0) is 0 Å². The van der Waals surface area contributed by atoms with Gasteiger partial charge in [0.25, 0.3) is 0 Å². The molecule has 0 aliphatic carbocycles. The van der Waals surface area contributed by atoms with Crippen LogP contribution in [0.1, 0.15) is 0 Å². The van der Waals surface area contributed by atoms with Crippen molar-refractivity contribution in [3.63, 3.8) is 0 Å². The highest BCUT2D eigenvalue weighted by Gasteiger charge is 2.12. The number of anilines is 1. The third-order valence-corrected chi connectivity index (χ3v) is 3.57. The molecule has 96 valence electrons. The number of nitrogens with two attached hydrogens (primary N) is 1. The Morgan fingerprint density at radius 3 is 2.84 bits per heavy atom. The van der Waals surface area contributed by atoms with Crippen LogP contribution in [0.3, 0.4) is 0 Å². The maximum atomic E-state index is 5.87. The number of ether oxygens (including phenoxy) is 1. The molecule has 0 aliphatic rings. The Kier molecular flexibility index (Phi) is 2.91.